The van der Waals surface area contributed by atoms with Crippen molar-refractivity contribution in [3.05, 3.63) is 29.3 Å². The molecule has 0 saturated heterocycles. The van der Waals surface area contributed by atoms with E-state index in [9.17, 15) is 0 Å². The Morgan fingerprint density at radius 2 is 2.38 bits per heavy atom. The Morgan fingerprint density at radius 1 is 1.50 bits per heavy atom. The van der Waals surface area contributed by atoms with E-state index in [1.54, 1.807) is 11.3 Å². The highest BCUT2D eigenvalue weighted by Crippen LogP contribution is 2.41. The first-order chi connectivity index (χ1) is 7.88. The minimum atomic E-state index is 0.658. The van der Waals surface area contributed by atoms with Crippen molar-refractivity contribution >= 4 is 11.3 Å². The van der Waals surface area contributed by atoms with Crippen LogP contribution in [0.3, 0.4) is 0 Å². The Bertz CT molecular complexity index is 468. The van der Waals surface area contributed by atoms with Gasteiger partial charge in [-0.05, 0) is 30.4 Å². The third kappa shape index (κ3) is 1.79. The van der Waals surface area contributed by atoms with Crippen LogP contribution in [0.1, 0.15) is 24.5 Å². The molecular weight excluding hydrogens is 218 g/mol. The summed E-state index contributed by atoms with van der Waals surface area (Å²) >= 11 is 1.74. The van der Waals surface area contributed by atoms with E-state index in [1.165, 1.54) is 23.4 Å². The number of hydrogen-bond donors (Lipinski definition) is 1. The topological polar surface area (TPSA) is 43.8 Å². The van der Waals surface area contributed by atoms with Crippen molar-refractivity contribution in [2.24, 2.45) is 5.73 Å². The van der Waals surface area contributed by atoms with Crippen LogP contribution in [0.4, 0.5) is 0 Å². The Morgan fingerprint density at radius 3 is 3.00 bits per heavy atom. The van der Waals surface area contributed by atoms with Crippen LogP contribution in [0.2, 0.25) is 0 Å². The lowest BCUT2D eigenvalue weighted by molar-refractivity contribution is 0.596. The van der Waals surface area contributed by atoms with Crippen LogP contribution in [-0.4, -0.2) is 16.3 Å². The molecule has 0 bridgehead atoms. The summed E-state index contributed by atoms with van der Waals surface area (Å²) in [5.41, 5.74) is 8.09. The van der Waals surface area contributed by atoms with Gasteiger partial charge in [0, 0.05) is 18.2 Å². The second-order valence-corrected chi connectivity index (χ2v) is 5.17. The normalized spacial score (nSPS) is 15.6. The number of nitrogens with zero attached hydrogens (tertiary/aromatic N) is 2. The third-order valence-electron chi connectivity index (χ3n) is 2.92. The minimum absolute atomic E-state index is 0.658. The highest BCUT2D eigenvalue weighted by molar-refractivity contribution is 7.13. The van der Waals surface area contributed by atoms with Crippen LogP contribution >= 0.6 is 11.3 Å². The molecule has 1 fully saturated rings. The molecule has 4 heteroatoms. The van der Waals surface area contributed by atoms with Gasteiger partial charge in [0.25, 0.3) is 0 Å². The van der Waals surface area contributed by atoms with Crippen LogP contribution in [0.15, 0.2) is 23.6 Å². The molecule has 0 atom stereocenters. The van der Waals surface area contributed by atoms with Gasteiger partial charge in [-0.1, -0.05) is 6.07 Å². The largest absolute Gasteiger partial charge is 0.329 e. The molecule has 2 heterocycles. The second-order valence-electron chi connectivity index (χ2n) is 4.22. The van der Waals surface area contributed by atoms with Crippen molar-refractivity contribution in [2.45, 2.75) is 25.3 Å². The average molecular weight is 233 g/mol. The highest BCUT2D eigenvalue weighted by Gasteiger charge is 2.28. The monoisotopic (exact) mass is 233 g/mol. The van der Waals surface area contributed by atoms with Gasteiger partial charge in [-0.15, -0.1) is 11.3 Å². The third-order valence-corrected chi connectivity index (χ3v) is 3.81. The van der Waals surface area contributed by atoms with Crippen LogP contribution in [0, 0.1) is 0 Å². The number of rotatable bonds is 4. The van der Waals surface area contributed by atoms with Crippen molar-refractivity contribution in [1.29, 1.82) is 0 Å². The lowest BCUT2D eigenvalue weighted by Gasteiger charge is -2.03. The zero-order valence-electron chi connectivity index (χ0n) is 9.10. The van der Waals surface area contributed by atoms with E-state index >= 15 is 0 Å². The number of aromatic nitrogens is 2. The fourth-order valence-electron chi connectivity index (χ4n) is 1.99. The fourth-order valence-corrected chi connectivity index (χ4v) is 2.67. The van der Waals surface area contributed by atoms with Crippen molar-refractivity contribution in [1.82, 2.24) is 9.78 Å². The number of nitrogens with two attached hydrogens (primary N) is 1. The molecule has 84 valence electrons. The van der Waals surface area contributed by atoms with E-state index < -0.39 is 0 Å². The quantitative estimate of drug-likeness (QED) is 0.881. The van der Waals surface area contributed by atoms with E-state index in [0.717, 1.165) is 18.2 Å². The fraction of sp³-hybridized carbons (Fsp3) is 0.417. The summed E-state index contributed by atoms with van der Waals surface area (Å²) in [6, 6.07) is 6.42. The van der Waals surface area contributed by atoms with Gasteiger partial charge >= 0.3 is 0 Å². The Balaban J connectivity index is 1.97. The highest BCUT2D eigenvalue weighted by atomic mass is 32.1. The van der Waals surface area contributed by atoms with Crippen molar-refractivity contribution < 1.29 is 0 Å². The average Bonchev–Trinajstić information content (AvgIpc) is 2.82. The molecule has 1 saturated carbocycles. The van der Waals surface area contributed by atoms with Gasteiger partial charge in [-0.2, -0.15) is 5.10 Å². The molecule has 1 aliphatic carbocycles. The predicted molar refractivity (Wildman–Crippen MR) is 66.6 cm³/mol. The van der Waals surface area contributed by atoms with Gasteiger partial charge < -0.3 is 5.73 Å². The van der Waals surface area contributed by atoms with Gasteiger partial charge in [-0.3, -0.25) is 4.68 Å². The van der Waals surface area contributed by atoms with Crippen LogP contribution in [0.25, 0.3) is 10.6 Å². The Kier molecular flexibility index (Phi) is 2.53. The molecule has 16 heavy (non-hydrogen) atoms. The molecule has 0 aromatic carbocycles. The molecular formula is C12H15N3S. The molecule has 2 aromatic heterocycles. The van der Waals surface area contributed by atoms with Crippen LogP contribution in [-0.2, 0) is 6.54 Å². The van der Waals surface area contributed by atoms with E-state index in [4.69, 9.17) is 5.73 Å². The van der Waals surface area contributed by atoms with Gasteiger partial charge in [0.2, 0.25) is 0 Å². The van der Waals surface area contributed by atoms with E-state index in [1.807, 2.05) is 0 Å². The molecule has 0 unspecified atom stereocenters. The molecule has 3 rings (SSSR count). The molecule has 0 spiro atoms. The van der Waals surface area contributed by atoms with E-state index in [0.29, 0.717) is 6.54 Å². The van der Waals surface area contributed by atoms with Crippen molar-refractivity contribution in [3.8, 4) is 10.6 Å². The summed E-state index contributed by atoms with van der Waals surface area (Å²) in [5, 5.41) is 6.74. The van der Waals surface area contributed by atoms with Crippen molar-refractivity contribution in [2.75, 3.05) is 6.54 Å². The lowest BCUT2D eigenvalue weighted by Crippen LogP contribution is -2.13. The molecule has 2 aromatic rings. The van der Waals surface area contributed by atoms with Gasteiger partial charge in [0.05, 0.1) is 11.4 Å². The first kappa shape index (κ1) is 10.1. The summed E-state index contributed by atoms with van der Waals surface area (Å²) in [6.07, 6.45) is 2.61. The summed E-state index contributed by atoms with van der Waals surface area (Å²) in [6.45, 7) is 1.49. The second kappa shape index (κ2) is 4.03. The summed E-state index contributed by atoms with van der Waals surface area (Å²) in [7, 11) is 0. The molecule has 0 aliphatic heterocycles. The lowest BCUT2D eigenvalue weighted by atomic mass is 10.2. The summed E-state index contributed by atoms with van der Waals surface area (Å²) in [5.74, 6) is 0.729. The molecule has 0 radical (unpaired) electrons. The standard InChI is InChI=1S/C12H15N3S/c13-5-6-15-11(9-3-4-9)8-10(14-15)12-2-1-7-16-12/h1-2,7-9H,3-6,13H2. The SMILES string of the molecule is NCCn1nc(-c2cccs2)cc1C1CC1. The number of thiophene rings is 1. The first-order valence-electron chi connectivity index (χ1n) is 5.70. The minimum Gasteiger partial charge on any atom is -0.329 e. The molecule has 1 aliphatic rings. The summed E-state index contributed by atoms with van der Waals surface area (Å²) < 4.78 is 2.09. The van der Waals surface area contributed by atoms with E-state index in [2.05, 4.69) is 33.4 Å². The van der Waals surface area contributed by atoms with Crippen molar-refractivity contribution in [3.63, 3.8) is 0 Å². The first-order valence-corrected chi connectivity index (χ1v) is 6.58. The molecule has 2 N–H and O–H groups in total. The zero-order valence-corrected chi connectivity index (χ0v) is 9.91. The smallest absolute Gasteiger partial charge is 0.103 e. The molecule has 3 nitrogen and oxygen atoms in total. The molecule has 0 amide bonds. The van der Waals surface area contributed by atoms with Crippen LogP contribution in [0.5, 0.6) is 0 Å². The maximum Gasteiger partial charge on any atom is 0.103 e. The Hall–Kier alpha value is -1.13. The van der Waals surface area contributed by atoms with Crippen LogP contribution < -0.4 is 5.73 Å². The predicted octanol–water partition coefficient (Wildman–Crippen LogP) is 2.45. The zero-order chi connectivity index (χ0) is 11.0. The van der Waals surface area contributed by atoms with E-state index in [-0.39, 0.29) is 0 Å². The maximum atomic E-state index is 5.62. The maximum absolute atomic E-state index is 5.62. The van der Waals surface area contributed by atoms with Gasteiger partial charge in [0.1, 0.15) is 5.69 Å². The number of hydrogen-bond acceptors (Lipinski definition) is 3. The summed E-state index contributed by atoms with van der Waals surface area (Å²) in [4.78, 5) is 1.25. The van der Waals surface area contributed by atoms with Gasteiger partial charge in [0.15, 0.2) is 0 Å². The van der Waals surface area contributed by atoms with Gasteiger partial charge in [-0.25, -0.2) is 0 Å². The Labute approximate surface area is 98.9 Å².